The third-order valence-electron chi connectivity index (χ3n) is 3.75. The molecule has 128 valence electrons. The summed E-state index contributed by atoms with van der Waals surface area (Å²) in [5.41, 5.74) is 7.77. The third-order valence-corrected chi connectivity index (χ3v) is 3.75. The number of carboxylic acid groups (broad SMARTS) is 1. The molecule has 0 bridgehead atoms. The maximum atomic E-state index is 14.4. The Morgan fingerprint density at radius 2 is 1.75 bits per heavy atom. The largest absolute Gasteiger partial charge is 0.507 e. The summed E-state index contributed by atoms with van der Waals surface area (Å²) in [6, 6.07) is 5.04. The lowest BCUT2D eigenvalue weighted by atomic mass is 10.0. The summed E-state index contributed by atoms with van der Waals surface area (Å²) in [7, 11) is 0. The van der Waals surface area contributed by atoms with Crippen LogP contribution >= 0.6 is 0 Å². The van der Waals surface area contributed by atoms with E-state index in [1.165, 1.54) is 6.07 Å². The number of nitrogens with two attached hydrogens (primary N) is 1. The van der Waals surface area contributed by atoms with Crippen molar-refractivity contribution < 1.29 is 24.1 Å². The molecule has 2 aromatic carbocycles. The molecule has 1 atom stereocenters. The molecular formula is C18H20FNO4. The zero-order chi connectivity index (χ0) is 18.0. The Morgan fingerprint density at radius 1 is 1.17 bits per heavy atom. The Labute approximate surface area is 139 Å². The first-order valence-corrected chi connectivity index (χ1v) is 7.44. The van der Waals surface area contributed by atoms with Crippen LogP contribution in [0.5, 0.6) is 17.2 Å². The molecule has 2 rings (SSSR count). The van der Waals surface area contributed by atoms with Gasteiger partial charge in [-0.15, -0.1) is 0 Å². The fourth-order valence-electron chi connectivity index (χ4n) is 2.48. The Kier molecular flexibility index (Phi) is 5.09. The van der Waals surface area contributed by atoms with Crippen molar-refractivity contribution in [3.63, 3.8) is 0 Å². The maximum Gasteiger partial charge on any atom is 0.320 e. The van der Waals surface area contributed by atoms with Crippen LogP contribution in [0, 0.1) is 26.6 Å². The first kappa shape index (κ1) is 17.7. The first-order valence-electron chi connectivity index (χ1n) is 7.44. The van der Waals surface area contributed by atoms with Crippen molar-refractivity contribution in [2.24, 2.45) is 5.73 Å². The molecule has 0 radical (unpaired) electrons. The highest BCUT2D eigenvalue weighted by molar-refractivity contribution is 5.73. The SMILES string of the molecule is Cc1cc(Oc2c(C)cc(CC(N)C(=O)O)cc2F)cc(C)c1O. The van der Waals surface area contributed by atoms with E-state index in [2.05, 4.69) is 0 Å². The van der Waals surface area contributed by atoms with Crippen LogP contribution in [-0.2, 0) is 11.2 Å². The summed E-state index contributed by atoms with van der Waals surface area (Å²) in [6.45, 7) is 5.14. The highest BCUT2D eigenvalue weighted by Crippen LogP contribution is 2.33. The van der Waals surface area contributed by atoms with Crippen LogP contribution in [-0.4, -0.2) is 22.2 Å². The van der Waals surface area contributed by atoms with Crippen molar-refractivity contribution in [3.8, 4) is 17.2 Å². The van der Waals surface area contributed by atoms with E-state index < -0.39 is 17.8 Å². The predicted molar refractivity (Wildman–Crippen MR) is 88.1 cm³/mol. The van der Waals surface area contributed by atoms with Gasteiger partial charge in [-0.1, -0.05) is 6.07 Å². The van der Waals surface area contributed by atoms with Crippen molar-refractivity contribution in [3.05, 3.63) is 52.3 Å². The van der Waals surface area contributed by atoms with Gasteiger partial charge in [0.1, 0.15) is 17.5 Å². The van der Waals surface area contributed by atoms with Crippen LogP contribution in [0.1, 0.15) is 22.3 Å². The number of phenolic OH excluding ortho intramolecular Hbond substituents is 1. The second-order valence-corrected chi connectivity index (χ2v) is 5.88. The molecule has 0 spiro atoms. The molecule has 0 amide bonds. The van der Waals surface area contributed by atoms with Gasteiger partial charge in [0.15, 0.2) is 11.6 Å². The molecule has 0 aliphatic rings. The van der Waals surface area contributed by atoms with Gasteiger partial charge in [0.05, 0.1) is 0 Å². The van der Waals surface area contributed by atoms with Crippen LogP contribution in [0.15, 0.2) is 24.3 Å². The molecule has 0 aromatic heterocycles. The van der Waals surface area contributed by atoms with Gasteiger partial charge in [-0.25, -0.2) is 4.39 Å². The average Bonchev–Trinajstić information content (AvgIpc) is 2.48. The molecule has 2 aromatic rings. The van der Waals surface area contributed by atoms with E-state index in [0.29, 0.717) is 28.0 Å². The number of ether oxygens (including phenoxy) is 1. The number of phenols is 1. The first-order chi connectivity index (χ1) is 11.2. The van der Waals surface area contributed by atoms with Gasteiger partial charge >= 0.3 is 5.97 Å². The lowest BCUT2D eigenvalue weighted by Crippen LogP contribution is -2.32. The molecule has 0 fully saturated rings. The maximum absolute atomic E-state index is 14.4. The van der Waals surface area contributed by atoms with Crippen LogP contribution < -0.4 is 10.5 Å². The summed E-state index contributed by atoms with van der Waals surface area (Å²) in [5.74, 6) is -1.07. The van der Waals surface area contributed by atoms with Gasteiger partial charge in [-0.2, -0.15) is 0 Å². The highest BCUT2D eigenvalue weighted by atomic mass is 19.1. The molecule has 0 aliphatic carbocycles. The molecular weight excluding hydrogens is 313 g/mol. The number of hydrogen-bond acceptors (Lipinski definition) is 4. The molecule has 1 unspecified atom stereocenters. The second-order valence-electron chi connectivity index (χ2n) is 5.88. The second kappa shape index (κ2) is 6.88. The van der Waals surface area contributed by atoms with E-state index in [4.69, 9.17) is 15.6 Å². The van der Waals surface area contributed by atoms with Gasteiger partial charge in [-0.3, -0.25) is 4.79 Å². The zero-order valence-electron chi connectivity index (χ0n) is 13.8. The topological polar surface area (TPSA) is 92.8 Å². The van der Waals surface area contributed by atoms with Crippen LogP contribution in [0.2, 0.25) is 0 Å². The number of halogens is 1. The Morgan fingerprint density at radius 3 is 2.25 bits per heavy atom. The average molecular weight is 333 g/mol. The normalized spacial score (nSPS) is 12.0. The molecule has 0 saturated heterocycles. The molecule has 0 saturated carbocycles. The van der Waals surface area contributed by atoms with Crippen LogP contribution in [0.4, 0.5) is 4.39 Å². The summed E-state index contributed by atoms with van der Waals surface area (Å²) < 4.78 is 20.0. The number of aryl methyl sites for hydroxylation is 3. The van der Waals surface area contributed by atoms with E-state index in [9.17, 15) is 14.3 Å². The van der Waals surface area contributed by atoms with E-state index in [0.717, 1.165) is 0 Å². The number of aromatic hydroxyl groups is 1. The fourth-order valence-corrected chi connectivity index (χ4v) is 2.48. The number of hydrogen-bond donors (Lipinski definition) is 3. The minimum absolute atomic E-state index is 0.0325. The standard InChI is InChI=1S/C18H20FNO4/c1-9-5-13(6-10(2)16(9)21)24-17-11(3)4-12(7-14(17)19)8-15(20)18(22)23/h4-7,15,21H,8,20H2,1-3H3,(H,22,23). The van der Waals surface area contributed by atoms with Gasteiger partial charge in [0.25, 0.3) is 0 Å². The van der Waals surface area contributed by atoms with E-state index >= 15 is 0 Å². The zero-order valence-corrected chi connectivity index (χ0v) is 13.8. The third kappa shape index (κ3) is 3.83. The van der Waals surface area contributed by atoms with E-state index in [-0.39, 0.29) is 17.9 Å². The fraction of sp³-hybridized carbons (Fsp3) is 0.278. The van der Waals surface area contributed by atoms with Crippen LogP contribution in [0.3, 0.4) is 0 Å². The van der Waals surface area contributed by atoms with Gasteiger partial charge < -0.3 is 20.7 Å². The van der Waals surface area contributed by atoms with Crippen LogP contribution in [0.25, 0.3) is 0 Å². The minimum atomic E-state index is -1.14. The number of carbonyl (C=O) groups is 1. The number of benzene rings is 2. The van der Waals surface area contributed by atoms with Gasteiger partial charge in [0, 0.05) is 0 Å². The number of aliphatic carboxylic acids is 1. The lowest BCUT2D eigenvalue weighted by molar-refractivity contribution is -0.138. The van der Waals surface area contributed by atoms with Crippen molar-refractivity contribution >= 4 is 5.97 Å². The van der Waals surface area contributed by atoms with Crippen molar-refractivity contribution in [2.75, 3.05) is 0 Å². The smallest absolute Gasteiger partial charge is 0.320 e. The molecule has 0 heterocycles. The summed E-state index contributed by atoms with van der Waals surface area (Å²) >= 11 is 0. The van der Waals surface area contributed by atoms with Crippen molar-refractivity contribution in [1.82, 2.24) is 0 Å². The minimum Gasteiger partial charge on any atom is -0.507 e. The van der Waals surface area contributed by atoms with Gasteiger partial charge in [0.2, 0.25) is 0 Å². The molecule has 5 nitrogen and oxygen atoms in total. The molecule has 24 heavy (non-hydrogen) atoms. The Hall–Kier alpha value is -2.60. The summed E-state index contributed by atoms with van der Waals surface area (Å²) in [4.78, 5) is 10.8. The molecule has 6 heteroatoms. The Bertz CT molecular complexity index is 743. The summed E-state index contributed by atoms with van der Waals surface area (Å²) in [5, 5.41) is 18.6. The summed E-state index contributed by atoms with van der Waals surface area (Å²) in [6.07, 6.45) is 0.0325. The highest BCUT2D eigenvalue weighted by Gasteiger charge is 2.16. The number of carboxylic acids is 1. The van der Waals surface area contributed by atoms with Gasteiger partial charge in [-0.05, 0) is 67.6 Å². The van der Waals surface area contributed by atoms with Crippen molar-refractivity contribution in [1.29, 1.82) is 0 Å². The predicted octanol–water partition coefficient (Wildman–Crippen LogP) is 3.20. The molecule has 4 N–H and O–H groups in total. The van der Waals surface area contributed by atoms with E-state index in [1.807, 2.05) is 0 Å². The lowest BCUT2D eigenvalue weighted by Gasteiger charge is -2.14. The Balaban J connectivity index is 2.30. The van der Waals surface area contributed by atoms with Crippen molar-refractivity contribution in [2.45, 2.75) is 33.2 Å². The van der Waals surface area contributed by atoms with E-state index in [1.54, 1.807) is 39.0 Å². The quantitative estimate of drug-likeness (QED) is 0.781. The monoisotopic (exact) mass is 333 g/mol. The molecule has 0 aliphatic heterocycles. The number of rotatable bonds is 5.